The number of pyridine rings is 2. The number of aromatic amines is 1. The minimum atomic E-state index is -0.0456. The molecule has 5 nitrogen and oxygen atoms in total. The average Bonchev–Trinajstić information content (AvgIpc) is 3.39. The summed E-state index contributed by atoms with van der Waals surface area (Å²) in [4.78, 5) is 17.3. The van der Waals surface area contributed by atoms with Crippen LogP contribution in [0.5, 0.6) is 0 Å². The van der Waals surface area contributed by atoms with Crippen molar-refractivity contribution in [2.24, 2.45) is 0 Å². The highest BCUT2D eigenvalue weighted by Gasteiger charge is 2.18. The molecule has 1 N–H and O–H groups in total. The SMILES string of the molecule is O=c1cc(C2=CCc3ncc(-c4cn[nH]c4)cc32)ccn1Cc1cccc(Cl)c1. The van der Waals surface area contributed by atoms with Crippen LogP contribution in [0.1, 0.15) is 22.4 Å². The van der Waals surface area contributed by atoms with E-state index < -0.39 is 0 Å². The summed E-state index contributed by atoms with van der Waals surface area (Å²) in [5, 5.41) is 7.51. The first kappa shape index (κ1) is 17.6. The maximum Gasteiger partial charge on any atom is 0.251 e. The Bertz CT molecular complexity index is 1290. The lowest BCUT2D eigenvalue weighted by Crippen LogP contribution is -2.19. The summed E-state index contributed by atoms with van der Waals surface area (Å²) in [6.45, 7) is 0.488. The second-order valence-electron chi connectivity index (χ2n) is 7.04. The molecule has 3 heterocycles. The molecule has 0 saturated heterocycles. The summed E-state index contributed by atoms with van der Waals surface area (Å²) in [5.41, 5.74) is 6.98. The monoisotopic (exact) mass is 400 g/mol. The topological polar surface area (TPSA) is 63.6 Å². The number of hydrogen-bond donors (Lipinski definition) is 1. The van der Waals surface area contributed by atoms with E-state index >= 15 is 0 Å². The van der Waals surface area contributed by atoms with Crippen LogP contribution in [0, 0.1) is 0 Å². The molecule has 3 aromatic heterocycles. The Balaban J connectivity index is 1.47. The molecule has 142 valence electrons. The van der Waals surface area contributed by atoms with Gasteiger partial charge >= 0.3 is 0 Å². The Hall–Kier alpha value is -3.44. The first-order valence-electron chi connectivity index (χ1n) is 9.31. The van der Waals surface area contributed by atoms with Crippen molar-refractivity contribution < 1.29 is 0 Å². The van der Waals surface area contributed by atoms with Gasteiger partial charge < -0.3 is 4.57 Å². The second kappa shape index (κ2) is 7.18. The van der Waals surface area contributed by atoms with Gasteiger partial charge in [-0.25, -0.2) is 0 Å². The van der Waals surface area contributed by atoms with Crippen molar-refractivity contribution in [2.75, 3.05) is 0 Å². The molecule has 0 aliphatic heterocycles. The molecule has 0 spiro atoms. The van der Waals surface area contributed by atoms with Crippen LogP contribution >= 0.6 is 11.6 Å². The molecule has 0 amide bonds. The van der Waals surface area contributed by atoms with Gasteiger partial charge in [0.05, 0.1) is 18.4 Å². The number of nitrogens with one attached hydrogen (secondary N) is 1. The van der Waals surface area contributed by atoms with Gasteiger partial charge in [0.15, 0.2) is 0 Å². The minimum Gasteiger partial charge on any atom is -0.311 e. The zero-order valence-corrected chi connectivity index (χ0v) is 16.2. The van der Waals surface area contributed by atoms with E-state index in [0.29, 0.717) is 11.6 Å². The molecular weight excluding hydrogens is 384 g/mol. The molecule has 4 aromatic rings. The van der Waals surface area contributed by atoms with E-state index in [1.165, 1.54) is 0 Å². The Morgan fingerprint density at radius 1 is 1.07 bits per heavy atom. The van der Waals surface area contributed by atoms with E-state index in [2.05, 4.69) is 27.3 Å². The highest BCUT2D eigenvalue weighted by Crippen LogP contribution is 2.33. The molecule has 29 heavy (non-hydrogen) atoms. The first-order chi connectivity index (χ1) is 14.2. The Morgan fingerprint density at radius 3 is 2.79 bits per heavy atom. The quantitative estimate of drug-likeness (QED) is 0.554. The van der Waals surface area contributed by atoms with E-state index in [4.69, 9.17) is 11.6 Å². The average molecular weight is 401 g/mol. The number of benzene rings is 1. The second-order valence-corrected chi connectivity index (χ2v) is 7.48. The van der Waals surface area contributed by atoms with Crippen LogP contribution in [0.4, 0.5) is 0 Å². The van der Waals surface area contributed by atoms with Crippen molar-refractivity contribution >= 4 is 17.2 Å². The van der Waals surface area contributed by atoms with Crippen molar-refractivity contribution in [3.63, 3.8) is 0 Å². The van der Waals surface area contributed by atoms with E-state index in [-0.39, 0.29) is 5.56 Å². The number of halogens is 1. The third-order valence-electron chi connectivity index (χ3n) is 5.14. The predicted molar refractivity (Wildman–Crippen MR) is 114 cm³/mol. The van der Waals surface area contributed by atoms with E-state index in [1.54, 1.807) is 16.8 Å². The van der Waals surface area contributed by atoms with Crippen molar-refractivity contribution in [1.82, 2.24) is 19.7 Å². The van der Waals surface area contributed by atoms with Crippen LogP contribution in [0.2, 0.25) is 5.02 Å². The van der Waals surface area contributed by atoms with Gasteiger partial charge in [0, 0.05) is 52.8 Å². The minimum absolute atomic E-state index is 0.0456. The predicted octanol–water partition coefficient (Wildman–Crippen LogP) is 4.32. The van der Waals surface area contributed by atoms with Gasteiger partial charge in [-0.2, -0.15) is 5.10 Å². The lowest BCUT2D eigenvalue weighted by molar-refractivity contribution is 0.758. The van der Waals surface area contributed by atoms with Crippen LogP contribution in [0.25, 0.3) is 16.7 Å². The molecule has 0 bridgehead atoms. The highest BCUT2D eigenvalue weighted by atomic mass is 35.5. The molecular formula is C23H17ClN4O. The van der Waals surface area contributed by atoms with Crippen molar-refractivity contribution in [1.29, 1.82) is 0 Å². The number of aromatic nitrogens is 4. The lowest BCUT2D eigenvalue weighted by Gasteiger charge is -2.10. The summed E-state index contributed by atoms with van der Waals surface area (Å²) >= 11 is 6.05. The number of H-pyrrole nitrogens is 1. The molecule has 0 atom stereocenters. The number of fused-ring (bicyclic) bond motifs is 1. The largest absolute Gasteiger partial charge is 0.311 e. The fraction of sp³-hybridized carbons (Fsp3) is 0.0870. The molecule has 0 unspecified atom stereocenters. The zero-order valence-electron chi connectivity index (χ0n) is 15.5. The third-order valence-corrected chi connectivity index (χ3v) is 5.38. The molecule has 0 fully saturated rings. The maximum absolute atomic E-state index is 12.7. The molecule has 1 aliphatic rings. The Labute approximate surface area is 172 Å². The summed E-state index contributed by atoms with van der Waals surface area (Å²) in [6.07, 6.45) is 10.2. The first-order valence-corrected chi connectivity index (χ1v) is 9.69. The summed E-state index contributed by atoms with van der Waals surface area (Å²) in [7, 11) is 0. The molecule has 1 aromatic carbocycles. The van der Waals surface area contributed by atoms with Gasteiger partial charge in [-0.1, -0.05) is 29.8 Å². The standard InChI is InChI=1S/C23H17ClN4O/c24-19-3-1-2-15(8-19)14-28-7-6-16(10-23(28)29)20-4-5-22-21(20)9-17(11-25-22)18-12-26-27-13-18/h1-4,6-13H,5,14H2,(H,26,27). The molecule has 0 radical (unpaired) electrons. The van der Waals surface area contributed by atoms with E-state index in [1.807, 2.05) is 48.9 Å². The van der Waals surface area contributed by atoms with Crippen LogP contribution in [-0.4, -0.2) is 19.7 Å². The molecule has 0 saturated carbocycles. The number of allylic oxidation sites excluding steroid dienone is 1. The van der Waals surface area contributed by atoms with Gasteiger partial charge in [0.25, 0.3) is 5.56 Å². The Morgan fingerprint density at radius 2 is 2.00 bits per heavy atom. The smallest absolute Gasteiger partial charge is 0.251 e. The van der Waals surface area contributed by atoms with Crippen molar-refractivity contribution in [3.05, 3.63) is 111 Å². The fourth-order valence-corrected chi connectivity index (χ4v) is 3.89. The lowest BCUT2D eigenvalue weighted by atomic mass is 9.99. The van der Waals surface area contributed by atoms with Gasteiger partial charge in [-0.3, -0.25) is 14.9 Å². The highest BCUT2D eigenvalue weighted by molar-refractivity contribution is 6.30. The number of nitrogens with zero attached hydrogens (tertiary/aromatic N) is 3. The third kappa shape index (κ3) is 3.41. The van der Waals surface area contributed by atoms with Gasteiger partial charge in [-0.05, 0) is 41.0 Å². The van der Waals surface area contributed by atoms with E-state index in [0.717, 1.165) is 45.5 Å². The fourth-order valence-electron chi connectivity index (χ4n) is 3.68. The number of hydrogen-bond acceptors (Lipinski definition) is 3. The Kier molecular flexibility index (Phi) is 4.37. The molecule has 5 rings (SSSR count). The van der Waals surface area contributed by atoms with Gasteiger partial charge in [-0.15, -0.1) is 0 Å². The number of rotatable bonds is 4. The van der Waals surface area contributed by atoms with Crippen LogP contribution < -0.4 is 5.56 Å². The van der Waals surface area contributed by atoms with Gasteiger partial charge in [0.2, 0.25) is 0 Å². The normalized spacial score (nSPS) is 12.7. The maximum atomic E-state index is 12.7. The van der Waals surface area contributed by atoms with Crippen molar-refractivity contribution in [3.8, 4) is 11.1 Å². The zero-order chi connectivity index (χ0) is 19.8. The molecule has 1 aliphatic carbocycles. The van der Waals surface area contributed by atoms with Crippen LogP contribution in [0.15, 0.2) is 78.1 Å². The van der Waals surface area contributed by atoms with Crippen molar-refractivity contribution in [2.45, 2.75) is 13.0 Å². The van der Waals surface area contributed by atoms with E-state index in [9.17, 15) is 4.79 Å². The summed E-state index contributed by atoms with van der Waals surface area (Å²) < 4.78 is 1.69. The van der Waals surface area contributed by atoms with Gasteiger partial charge in [0.1, 0.15) is 0 Å². The van der Waals surface area contributed by atoms with Crippen LogP contribution in [-0.2, 0) is 13.0 Å². The molecule has 6 heteroatoms. The van der Waals surface area contributed by atoms with Crippen LogP contribution in [0.3, 0.4) is 0 Å². The summed E-state index contributed by atoms with van der Waals surface area (Å²) in [6, 6.07) is 13.3. The summed E-state index contributed by atoms with van der Waals surface area (Å²) in [5.74, 6) is 0.